The minimum absolute atomic E-state index is 0. The van der Waals surface area contributed by atoms with E-state index in [1.54, 1.807) is 13.8 Å². The van der Waals surface area contributed by atoms with Gasteiger partial charge in [0, 0.05) is 32.3 Å². The maximum Gasteiger partial charge on any atom is 0.285 e. The second kappa shape index (κ2) is 13.7. The Morgan fingerprint density at radius 3 is 0.963 bits per heavy atom. The molecule has 0 aliphatic rings. The minimum Gasteiger partial charge on any atom is -0.421 e. The van der Waals surface area contributed by atoms with E-state index in [0.29, 0.717) is 0 Å². The summed E-state index contributed by atoms with van der Waals surface area (Å²) in [5.74, 6) is 0. The molecule has 0 saturated carbocycles. The van der Waals surface area contributed by atoms with E-state index in [9.17, 15) is 4.80 Å². The van der Waals surface area contributed by atoms with Crippen molar-refractivity contribution in [3.63, 3.8) is 0 Å². The molecule has 6 heteroatoms. The summed E-state index contributed by atoms with van der Waals surface area (Å²) in [7, 11) is -2.88. The van der Waals surface area contributed by atoms with E-state index in [0.717, 1.165) is 15.6 Å². The Bertz CT molecular complexity index is 626. The van der Waals surface area contributed by atoms with Crippen molar-refractivity contribution >= 4 is 23.9 Å². The van der Waals surface area contributed by atoms with Crippen molar-refractivity contribution < 1.29 is 47.1 Å². The topological polar surface area (TPSA) is 103 Å². The predicted octanol–water partition coefficient (Wildman–Crippen LogP) is 0.381. The van der Waals surface area contributed by atoms with E-state index in [2.05, 4.69) is 0 Å². The fourth-order valence-electron chi connectivity index (χ4n) is 2.54. The first-order valence-corrected chi connectivity index (χ1v) is 10.1. The molecule has 0 amide bonds. The van der Waals surface area contributed by atoms with Gasteiger partial charge in [-0.15, -0.1) is 0 Å². The van der Waals surface area contributed by atoms with E-state index in [-0.39, 0.29) is 43.3 Å². The van der Waals surface area contributed by atoms with Gasteiger partial charge in [-0.1, -0.05) is 91.0 Å². The summed E-state index contributed by atoms with van der Waals surface area (Å²) in [6, 6.07) is 30.0. The third kappa shape index (κ3) is 7.62. The average molecular weight is 464 g/mol. The largest absolute Gasteiger partial charge is 0.421 e. The number of rotatable bonds is 3. The summed E-state index contributed by atoms with van der Waals surface area (Å²) in [5.41, 5.74) is 0. The zero-order valence-corrected chi connectivity index (χ0v) is 19.1. The molecule has 3 rings (SSSR count). The summed E-state index contributed by atoms with van der Waals surface area (Å²) < 4.78 is 0. The molecular weight excluding hydrogens is 436 g/mol. The van der Waals surface area contributed by atoms with Crippen molar-refractivity contribution in [2.45, 2.75) is 20.0 Å². The van der Waals surface area contributed by atoms with Gasteiger partial charge in [-0.3, -0.25) is 0 Å². The van der Waals surface area contributed by atoms with E-state index in [4.69, 9.17) is 5.11 Å². The Labute approximate surface area is 181 Å². The van der Waals surface area contributed by atoms with Crippen LogP contribution in [0.4, 0.5) is 0 Å². The zero-order valence-electron chi connectivity index (χ0n) is 15.6. The summed E-state index contributed by atoms with van der Waals surface area (Å²) in [5, 5.41) is 11.1. The van der Waals surface area contributed by atoms with Crippen LogP contribution < -0.4 is 15.6 Å². The maximum absolute atomic E-state index is 11.6. The summed E-state index contributed by atoms with van der Waals surface area (Å²) in [6.07, 6.45) is -0.167. The SMILES string of the molecule is CC(C)O.O.O.O[Si](c1ccccc1)(c1ccccc1)c1ccccc1.[Zr]. The van der Waals surface area contributed by atoms with Crippen molar-refractivity contribution in [2.75, 3.05) is 0 Å². The molecule has 4 nitrogen and oxygen atoms in total. The van der Waals surface area contributed by atoms with Crippen LogP contribution in [0.25, 0.3) is 0 Å². The second-order valence-corrected chi connectivity index (χ2v) is 9.06. The van der Waals surface area contributed by atoms with Crippen LogP contribution in [0.2, 0.25) is 0 Å². The van der Waals surface area contributed by atoms with Gasteiger partial charge in [0.2, 0.25) is 0 Å². The molecule has 0 spiro atoms. The Kier molecular flexibility index (Phi) is 14.1. The number of aliphatic hydroxyl groups is 1. The van der Waals surface area contributed by atoms with E-state index >= 15 is 0 Å². The van der Waals surface area contributed by atoms with Gasteiger partial charge in [-0.05, 0) is 29.4 Å². The molecular formula is C21H28O4SiZr. The molecule has 144 valence electrons. The fraction of sp³-hybridized carbons (Fsp3) is 0.143. The van der Waals surface area contributed by atoms with Crippen LogP contribution in [0.3, 0.4) is 0 Å². The molecule has 3 aromatic rings. The van der Waals surface area contributed by atoms with Crippen molar-refractivity contribution in [1.82, 2.24) is 0 Å². The third-order valence-electron chi connectivity index (χ3n) is 3.57. The van der Waals surface area contributed by atoms with Gasteiger partial charge in [0.1, 0.15) is 0 Å². The van der Waals surface area contributed by atoms with Gasteiger partial charge < -0.3 is 20.9 Å². The Balaban J connectivity index is 0. The quantitative estimate of drug-likeness (QED) is 0.433. The second-order valence-electron chi connectivity index (χ2n) is 5.90. The number of benzene rings is 3. The molecule has 0 aliphatic heterocycles. The Hall–Kier alpha value is -1.40. The molecule has 27 heavy (non-hydrogen) atoms. The first-order valence-electron chi connectivity index (χ1n) is 8.12. The van der Waals surface area contributed by atoms with Crippen molar-refractivity contribution in [1.29, 1.82) is 0 Å². The van der Waals surface area contributed by atoms with Crippen LogP contribution in [0, 0.1) is 0 Å². The van der Waals surface area contributed by atoms with Gasteiger partial charge in [-0.25, -0.2) is 0 Å². The van der Waals surface area contributed by atoms with Gasteiger partial charge in [0.25, 0.3) is 8.32 Å². The monoisotopic (exact) mass is 462 g/mol. The molecule has 0 radical (unpaired) electrons. The van der Waals surface area contributed by atoms with Gasteiger partial charge in [0.15, 0.2) is 0 Å². The van der Waals surface area contributed by atoms with Crippen LogP contribution in [0.1, 0.15) is 13.8 Å². The normalized spacial score (nSPS) is 9.67. The van der Waals surface area contributed by atoms with Crippen LogP contribution in [0.15, 0.2) is 91.0 Å². The Morgan fingerprint density at radius 1 is 0.593 bits per heavy atom. The minimum atomic E-state index is -2.88. The summed E-state index contributed by atoms with van der Waals surface area (Å²) in [6.45, 7) is 3.44. The first-order chi connectivity index (χ1) is 11.5. The summed E-state index contributed by atoms with van der Waals surface area (Å²) in [4.78, 5) is 11.6. The first kappa shape index (κ1) is 27.8. The molecule has 0 unspecified atom stereocenters. The molecule has 3 aromatic carbocycles. The molecule has 0 fully saturated rings. The Morgan fingerprint density at radius 2 is 0.778 bits per heavy atom. The number of hydrogen-bond donors (Lipinski definition) is 2. The zero-order chi connectivity index (χ0) is 17.4. The molecule has 0 aliphatic carbocycles. The molecule has 0 heterocycles. The molecule has 0 saturated heterocycles. The van der Waals surface area contributed by atoms with Crippen molar-refractivity contribution in [3.8, 4) is 0 Å². The standard InChI is InChI=1S/C18H16OSi.C3H8O.2H2O.Zr/c19-20(16-10-4-1-5-11-16,17-12-6-2-7-13-17)18-14-8-3-9-15-18;1-3(2)4;;;/h1-15,19H;3-4H,1-2H3;2*1H2;. The van der Waals surface area contributed by atoms with Crippen molar-refractivity contribution in [3.05, 3.63) is 91.0 Å². The molecule has 0 bridgehead atoms. The number of aliphatic hydroxyl groups excluding tert-OH is 1. The van der Waals surface area contributed by atoms with Gasteiger partial charge >= 0.3 is 0 Å². The molecule has 0 atom stereocenters. The van der Waals surface area contributed by atoms with Gasteiger partial charge in [0.05, 0.1) is 0 Å². The van der Waals surface area contributed by atoms with Crippen molar-refractivity contribution in [2.24, 2.45) is 0 Å². The predicted molar refractivity (Wildman–Crippen MR) is 111 cm³/mol. The van der Waals surface area contributed by atoms with E-state index in [1.165, 1.54) is 0 Å². The summed E-state index contributed by atoms with van der Waals surface area (Å²) >= 11 is 0. The van der Waals surface area contributed by atoms with Gasteiger partial charge in [-0.2, -0.15) is 0 Å². The van der Waals surface area contributed by atoms with E-state index in [1.807, 2.05) is 91.0 Å². The molecule has 0 aromatic heterocycles. The van der Waals surface area contributed by atoms with Crippen LogP contribution in [-0.2, 0) is 26.2 Å². The average Bonchev–Trinajstić information content (AvgIpc) is 2.63. The maximum atomic E-state index is 11.6. The van der Waals surface area contributed by atoms with Crippen LogP contribution in [0.5, 0.6) is 0 Å². The fourth-order valence-corrected chi connectivity index (χ4v) is 5.56. The number of hydrogen-bond acceptors (Lipinski definition) is 2. The third-order valence-corrected chi connectivity index (χ3v) is 7.08. The molecule has 6 N–H and O–H groups in total. The van der Waals surface area contributed by atoms with Crippen LogP contribution >= 0.6 is 0 Å². The van der Waals surface area contributed by atoms with Crippen LogP contribution in [-0.4, -0.2) is 35.3 Å². The smallest absolute Gasteiger partial charge is 0.285 e. The van der Waals surface area contributed by atoms with E-state index < -0.39 is 8.32 Å².